The summed E-state index contributed by atoms with van der Waals surface area (Å²) in [5.74, 6) is 0.466. The largest absolute Gasteiger partial charge is 0.352 e. The highest BCUT2D eigenvalue weighted by molar-refractivity contribution is 5.94. The van der Waals surface area contributed by atoms with E-state index in [1.54, 1.807) is 0 Å². The molecular formula is C13H20N2O. The van der Waals surface area contributed by atoms with Gasteiger partial charge in [-0.15, -0.1) is 0 Å². The first-order chi connectivity index (χ1) is 7.63. The number of rotatable bonds is 5. The molecule has 1 aromatic rings. The van der Waals surface area contributed by atoms with Crippen LogP contribution in [0.5, 0.6) is 0 Å². The van der Waals surface area contributed by atoms with Crippen molar-refractivity contribution in [1.29, 1.82) is 0 Å². The van der Waals surface area contributed by atoms with Gasteiger partial charge in [0, 0.05) is 12.1 Å². The van der Waals surface area contributed by atoms with Crippen molar-refractivity contribution < 1.29 is 4.79 Å². The second kappa shape index (κ2) is 6.28. The highest BCUT2D eigenvalue weighted by Gasteiger charge is 2.05. The molecule has 0 spiro atoms. The van der Waals surface area contributed by atoms with Gasteiger partial charge < -0.3 is 11.1 Å². The minimum atomic E-state index is -0.00648. The molecule has 0 aliphatic rings. The van der Waals surface area contributed by atoms with Crippen molar-refractivity contribution in [3.8, 4) is 0 Å². The summed E-state index contributed by atoms with van der Waals surface area (Å²) in [5.41, 5.74) is 7.34. The first-order valence-corrected chi connectivity index (χ1v) is 5.70. The third-order valence-corrected chi connectivity index (χ3v) is 2.32. The Labute approximate surface area is 97.0 Å². The summed E-state index contributed by atoms with van der Waals surface area (Å²) in [6, 6.07) is 7.61. The van der Waals surface area contributed by atoms with Crippen LogP contribution < -0.4 is 11.1 Å². The Morgan fingerprint density at radius 1 is 1.31 bits per heavy atom. The van der Waals surface area contributed by atoms with E-state index in [0.29, 0.717) is 24.6 Å². The fraction of sp³-hybridized carbons (Fsp3) is 0.462. The number of benzene rings is 1. The van der Waals surface area contributed by atoms with Crippen molar-refractivity contribution >= 4 is 5.91 Å². The van der Waals surface area contributed by atoms with Gasteiger partial charge in [-0.3, -0.25) is 4.79 Å². The molecule has 0 aliphatic carbocycles. The first-order valence-electron chi connectivity index (χ1n) is 5.70. The maximum absolute atomic E-state index is 11.7. The van der Waals surface area contributed by atoms with Gasteiger partial charge in [-0.05, 0) is 36.6 Å². The molecule has 0 radical (unpaired) electrons. The number of carbonyl (C=O) groups excluding carboxylic acids is 1. The van der Waals surface area contributed by atoms with E-state index in [1.807, 2.05) is 24.3 Å². The van der Waals surface area contributed by atoms with Crippen LogP contribution in [-0.2, 0) is 6.42 Å². The summed E-state index contributed by atoms with van der Waals surface area (Å²) in [4.78, 5) is 11.7. The molecule has 88 valence electrons. The lowest BCUT2D eigenvalue weighted by Gasteiger charge is -2.08. The minimum absolute atomic E-state index is 0.00648. The highest BCUT2D eigenvalue weighted by Crippen LogP contribution is 2.05. The standard InChI is InChI=1S/C13H20N2O/c1-10(2)9-15-13(16)12-5-3-11(4-6-12)7-8-14/h3-6,10H,7-9,14H2,1-2H3,(H,15,16). The first kappa shape index (κ1) is 12.7. The molecular weight excluding hydrogens is 200 g/mol. The summed E-state index contributed by atoms with van der Waals surface area (Å²) in [6.07, 6.45) is 0.855. The van der Waals surface area contributed by atoms with Crippen molar-refractivity contribution in [1.82, 2.24) is 5.32 Å². The molecule has 0 atom stereocenters. The Balaban J connectivity index is 2.56. The molecule has 0 unspecified atom stereocenters. The van der Waals surface area contributed by atoms with Crippen LogP contribution in [0, 0.1) is 5.92 Å². The molecule has 0 saturated carbocycles. The van der Waals surface area contributed by atoms with Crippen LogP contribution in [-0.4, -0.2) is 19.0 Å². The normalized spacial score (nSPS) is 10.5. The highest BCUT2D eigenvalue weighted by atomic mass is 16.1. The Bertz CT molecular complexity index is 330. The fourth-order valence-electron chi connectivity index (χ4n) is 1.39. The SMILES string of the molecule is CC(C)CNC(=O)c1ccc(CCN)cc1. The molecule has 3 nitrogen and oxygen atoms in total. The molecule has 3 heteroatoms. The van der Waals surface area contributed by atoms with Crippen LogP contribution in [0.2, 0.25) is 0 Å². The van der Waals surface area contributed by atoms with Crippen molar-refractivity contribution in [3.05, 3.63) is 35.4 Å². The molecule has 0 heterocycles. The average Bonchev–Trinajstić information content (AvgIpc) is 2.27. The third-order valence-electron chi connectivity index (χ3n) is 2.32. The predicted molar refractivity (Wildman–Crippen MR) is 66.4 cm³/mol. The van der Waals surface area contributed by atoms with E-state index < -0.39 is 0 Å². The van der Waals surface area contributed by atoms with Gasteiger partial charge in [0.25, 0.3) is 5.91 Å². The van der Waals surface area contributed by atoms with Gasteiger partial charge in [-0.1, -0.05) is 26.0 Å². The van der Waals surface area contributed by atoms with Crippen LogP contribution in [0.4, 0.5) is 0 Å². The van der Waals surface area contributed by atoms with Crippen LogP contribution >= 0.6 is 0 Å². The van der Waals surface area contributed by atoms with Gasteiger partial charge >= 0.3 is 0 Å². The third kappa shape index (κ3) is 4.03. The van der Waals surface area contributed by atoms with Crippen molar-refractivity contribution in [2.75, 3.05) is 13.1 Å². The molecule has 0 saturated heterocycles. The van der Waals surface area contributed by atoms with Crippen LogP contribution in [0.25, 0.3) is 0 Å². The van der Waals surface area contributed by atoms with Crippen molar-refractivity contribution in [2.24, 2.45) is 11.7 Å². The smallest absolute Gasteiger partial charge is 0.251 e. The zero-order valence-corrected chi connectivity index (χ0v) is 9.99. The second-order valence-corrected chi connectivity index (χ2v) is 4.34. The van der Waals surface area contributed by atoms with Gasteiger partial charge in [0.1, 0.15) is 0 Å². The summed E-state index contributed by atoms with van der Waals surface area (Å²) in [6.45, 7) is 5.50. The minimum Gasteiger partial charge on any atom is -0.352 e. The lowest BCUT2D eigenvalue weighted by molar-refractivity contribution is 0.0949. The van der Waals surface area contributed by atoms with E-state index in [9.17, 15) is 4.79 Å². The molecule has 3 N–H and O–H groups in total. The topological polar surface area (TPSA) is 55.1 Å². The van der Waals surface area contributed by atoms with Crippen molar-refractivity contribution in [2.45, 2.75) is 20.3 Å². The Morgan fingerprint density at radius 3 is 2.44 bits per heavy atom. The fourth-order valence-corrected chi connectivity index (χ4v) is 1.39. The van der Waals surface area contributed by atoms with E-state index in [-0.39, 0.29) is 5.91 Å². The summed E-state index contributed by atoms with van der Waals surface area (Å²) >= 11 is 0. The maximum atomic E-state index is 11.7. The number of nitrogens with two attached hydrogens (primary N) is 1. The summed E-state index contributed by atoms with van der Waals surface area (Å²) < 4.78 is 0. The Kier molecular flexibility index (Phi) is 4.99. The van der Waals surface area contributed by atoms with E-state index in [1.165, 1.54) is 5.56 Å². The molecule has 1 amide bonds. The van der Waals surface area contributed by atoms with Crippen LogP contribution in [0.15, 0.2) is 24.3 Å². The zero-order valence-electron chi connectivity index (χ0n) is 9.99. The van der Waals surface area contributed by atoms with E-state index in [0.717, 1.165) is 6.42 Å². The Morgan fingerprint density at radius 2 is 1.94 bits per heavy atom. The Hall–Kier alpha value is -1.35. The van der Waals surface area contributed by atoms with Gasteiger partial charge in [0.2, 0.25) is 0 Å². The maximum Gasteiger partial charge on any atom is 0.251 e. The van der Waals surface area contributed by atoms with Crippen LogP contribution in [0.3, 0.4) is 0 Å². The number of nitrogens with one attached hydrogen (secondary N) is 1. The molecule has 1 aromatic carbocycles. The van der Waals surface area contributed by atoms with Crippen LogP contribution in [0.1, 0.15) is 29.8 Å². The quantitative estimate of drug-likeness (QED) is 0.791. The average molecular weight is 220 g/mol. The molecule has 0 bridgehead atoms. The number of carbonyl (C=O) groups is 1. The lowest BCUT2D eigenvalue weighted by Crippen LogP contribution is -2.27. The molecule has 1 rings (SSSR count). The summed E-state index contributed by atoms with van der Waals surface area (Å²) in [7, 11) is 0. The van der Waals surface area contributed by atoms with E-state index in [4.69, 9.17) is 5.73 Å². The van der Waals surface area contributed by atoms with E-state index >= 15 is 0 Å². The zero-order chi connectivity index (χ0) is 12.0. The van der Waals surface area contributed by atoms with Gasteiger partial charge in [-0.2, -0.15) is 0 Å². The lowest BCUT2D eigenvalue weighted by atomic mass is 10.1. The second-order valence-electron chi connectivity index (χ2n) is 4.34. The van der Waals surface area contributed by atoms with Gasteiger partial charge in [0.05, 0.1) is 0 Å². The molecule has 0 aliphatic heterocycles. The van der Waals surface area contributed by atoms with Gasteiger partial charge in [0.15, 0.2) is 0 Å². The van der Waals surface area contributed by atoms with Gasteiger partial charge in [-0.25, -0.2) is 0 Å². The monoisotopic (exact) mass is 220 g/mol. The number of hydrogen-bond donors (Lipinski definition) is 2. The van der Waals surface area contributed by atoms with Crippen molar-refractivity contribution in [3.63, 3.8) is 0 Å². The summed E-state index contributed by atoms with van der Waals surface area (Å²) in [5, 5.41) is 2.89. The number of hydrogen-bond acceptors (Lipinski definition) is 2. The molecule has 0 aromatic heterocycles. The van der Waals surface area contributed by atoms with E-state index in [2.05, 4.69) is 19.2 Å². The number of amides is 1. The molecule has 16 heavy (non-hydrogen) atoms. The molecule has 0 fully saturated rings. The predicted octanol–water partition coefficient (Wildman–Crippen LogP) is 1.57.